The number of thiophene rings is 1. The molecule has 0 bridgehead atoms. The lowest BCUT2D eigenvalue weighted by atomic mass is 10.2. The molecule has 1 nitrogen and oxygen atoms in total. The fraction of sp³-hybridized carbons (Fsp3) is 0.333. The molecule has 1 unspecified atom stereocenters. The van der Waals surface area contributed by atoms with E-state index in [-0.39, 0.29) is 6.04 Å². The van der Waals surface area contributed by atoms with Crippen molar-refractivity contribution in [2.24, 2.45) is 0 Å². The zero-order chi connectivity index (χ0) is 8.10. The summed E-state index contributed by atoms with van der Waals surface area (Å²) in [6.45, 7) is 2.96. The molecule has 1 heterocycles. The number of terminal acetylenes is 1. The van der Waals surface area contributed by atoms with E-state index >= 15 is 0 Å². The third-order valence-corrected chi connectivity index (χ3v) is 2.34. The Hall–Kier alpha value is -0.780. The Morgan fingerprint density at radius 1 is 1.82 bits per heavy atom. The first-order valence-corrected chi connectivity index (χ1v) is 4.49. The predicted octanol–water partition coefficient (Wildman–Crippen LogP) is 2.03. The second kappa shape index (κ2) is 4.17. The largest absolute Gasteiger partial charge is 0.300 e. The first-order valence-electron chi connectivity index (χ1n) is 3.61. The molecule has 0 saturated heterocycles. The van der Waals surface area contributed by atoms with Gasteiger partial charge in [0.15, 0.2) is 0 Å². The van der Waals surface area contributed by atoms with Gasteiger partial charge in [-0.1, -0.05) is 18.9 Å². The van der Waals surface area contributed by atoms with Crippen molar-refractivity contribution in [2.75, 3.05) is 6.54 Å². The molecule has 0 aliphatic carbocycles. The topological polar surface area (TPSA) is 12.0 Å². The summed E-state index contributed by atoms with van der Waals surface area (Å²) in [4.78, 5) is 1.22. The van der Waals surface area contributed by atoms with Gasteiger partial charge in [-0.05, 0) is 18.0 Å². The SMILES string of the molecule is C#CC(NCC)c1cccs1. The standard InChI is InChI=1S/C9H11NS/c1-3-8(10-4-2)9-6-5-7-11-9/h1,5-8,10H,4H2,2H3. The molecule has 0 fully saturated rings. The summed E-state index contributed by atoms with van der Waals surface area (Å²) in [5.41, 5.74) is 0. The lowest BCUT2D eigenvalue weighted by molar-refractivity contribution is 0.674. The van der Waals surface area contributed by atoms with Crippen LogP contribution >= 0.6 is 11.3 Å². The minimum Gasteiger partial charge on any atom is -0.300 e. The molecule has 58 valence electrons. The molecular weight excluding hydrogens is 154 g/mol. The average Bonchev–Trinajstić information content (AvgIpc) is 2.52. The van der Waals surface area contributed by atoms with E-state index in [0.29, 0.717) is 0 Å². The first kappa shape index (κ1) is 8.32. The zero-order valence-electron chi connectivity index (χ0n) is 6.50. The number of hydrogen-bond donors (Lipinski definition) is 1. The molecule has 0 saturated carbocycles. The Balaban J connectivity index is 2.65. The van der Waals surface area contributed by atoms with Gasteiger partial charge in [0, 0.05) is 4.88 Å². The van der Waals surface area contributed by atoms with Crippen molar-refractivity contribution in [2.45, 2.75) is 13.0 Å². The van der Waals surface area contributed by atoms with Gasteiger partial charge in [0.1, 0.15) is 6.04 Å². The van der Waals surface area contributed by atoms with Crippen molar-refractivity contribution in [3.8, 4) is 12.3 Å². The third kappa shape index (κ3) is 2.07. The van der Waals surface area contributed by atoms with Crippen LogP contribution < -0.4 is 5.32 Å². The minimum absolute atomic E-state index is 0.0972. The van der Waals surface area contributed by atoms with Gasteiger partial charge in [-0.25, -0.2) is 0 Å². The molecule has 1 aromatic rings. The molecule has 11 heavy (non-hydrogen) atoms. The lowest BCUT2D eigenvalue weighted by Crippen LogP contribution is -2.17. The highest BCUT2D eigenvalue weighted by molar-refractivity contribution is 7.10. The maximum atomic E-state index is 5.34. The quantitative estimate of drug-likeness (QED) is 0.676. The van der Waals surface area contributed by atoms with Crippen molar-refractivity contribution < 1.29 is 0 Å². The van der Waals surface area contributed by atoms with Crippen molar-refractivity contribution in [1.29, 1.82) is 0 Å². The van der Waals surface area contributed by atoms with Crippen LogP contribution in [0.25, 0.3) is 0 Å². The van der Waals surface area contributed by atoms with E-state index in [1.807, 2.05) is 11.4 Å². The predicted molar refractivity (Wildman–Crippen MR) is 49.6 cm³/mol. The van der Waals surface area contributed by atoms with E-state index in [9.17, 15) is 0 Å². The van der Waals surface area contributed by atoms with Crippen LogP contribution in [0.5, 0.6) is 0 Å². The lowest BCUT2D eigenvalue weighted by Gasteiger charge is -2.07. The van der Waals surface area contributed by atoms with E-state index in [4.69, 9.17) is 6.42 Å². The fourth-order valence-electron chi connectivity index (χ4n) is 0.901. The van der Waals surface area contributed by atoms with E-state index < -0.39 is 0 Å². The van der Waals surface area contributed by atoms with Gasteiger partial charge in [0.25, 0.3) is 0 Å². The Morgan fingerprint density at radius 3 is 3.09 bits per heavy atom. The highest BCUT2D eigenvalue weighted by Gasteiger charge is 2.05. The molecule has 0 aliphatic heterocycles. The summed E-state index contributed by atoms with van der Waals surface area (Å²) in [6, 6.07) is 4.17. The summed E-state index contributed by atoms with van der Waals surface area (Å²) in [7, 11) is 0. The molecule has 1 rings (SSSR count). The summed E-state index contributed by atoms with van der Waals surface area (Å²) in [5, 5.41) is 5.25. The molecule has 0 aromatic carbocycles. The van der Waals surface area contributed by atoms with Crippen molar-refractivity contribution >= 4 is 11.3 Å². The van der Waals surface area contributed by atoms with Crippen LogP contribution in [-0.4, -0.2) is 6.54 Å². The third-order valence-electron chi connectivity index (χ3n) is 1.40. The van der Waals surface area contributed by atoms with Crippen molar-refractivity contribution in [1.82, 2.24) is 5.32 Å². The number of hydrogen-bond acceptors (Lipinski definition) is 2. The number of rotatable bonds is 3. The maximum absolute atomic E-state index is 5.34. The van der Waals surface area contributed by atoms with Crippen LogP contribution in [-0.2, 0) is 0 Å². The molecule has 0 radical (unpaired) electrons. The highest BCUT2D eigenvalue weighted by atomic mass is 32.1. The second-order valence-electron chi connectivity index (χ2n) is 2.17. The Labute approximate surface area is 71.4 Å². The normalized spacial score (nSPS) is 12.4. The van der Waals surface area contributed by atoms with Crippen LogP contribution in [0.15, 0.2) is 17.5 Å². The number of nitrogens with one attached hydrogen (secondary N) is 1. The van der Waals surface area contributed by atoms with Crippen LogP contribution in [0.3, 0.4) is 0 Å². The van der Waals surface area contributed by atoms with Crippen LogP contribution in [0.4, 0.5) is 0 Å². The van der Waals surface area contributed by atoms with E-state index in [0.717, 1.165) is 6.54 Å². The van der Waals surface area contributed by atoms with E-state index in [1.54, 1.807) is 11.3 Å². The highest BCUT2D eigenvalue weighted by Crippen LogP contribution is 2.17. The van der Waals surface area contributed by atoms with Crippen LogP contribution in [0.1, 0.15) is 17.8 Å². The molecule has 0 spiro atoms. The van der Waals surface area contributed by atoms with Gasteiger partial charge < -0.3 is 0 Å². The van der Waals surface area contributed by atoms with Gasteiger partial charge in [0.2, 0.25) is 0 Å². The van der Waals surface area contributed by atoms with E-state index in [1.165, 1.54) is 4.88 Å². The average molecular weight is 165 g/mol. The second-order valence-corrected chi connectivity index (χ2v) is 3.15. The maximum Gasteiger partial charge on any atom is 0.104 e. The smallest absolute Gasteiger partial charge is 0.104 e. The van der Waals surface area contributed by atoms with Gasteiger partial charge in [-0.3, -0.25) is 5.32 Å². The molecule has 0 amide bonds. The zero-order valence-corrected chi connectivity index (χ0v) is 7.32. The summed E-state index contributed by atoms with van der Waals surface area (Å²) in [6.07, 6.45) is 5.34. The molecule has 2 heteroatoms. The Bertz CT molecular complexity index is 233. The van der Waals surface area contributed by atoms with Gasteiger partial charge in [0.05, 0.1) is 0 Å². The molecular formula is C9H11NS. The monoisotopic (exact) mass is 165 g/mol. The summed E-state index contributed by atoms with van der Waals surface area (Å²) in [5.74, 6) is 2.70. The van der Waals surface area contributed by atoms with Crippen molar-refractivity contribution in [3.05, 3.63) is 22.4 Å². The Kier molecular flexibility index (Phi) is 3.15. The first-order chi connectivity index (χ1) is 5.38. The summed E-state index contributed by atoms with van der Waals surface area (Å²) < 4.78 is 0. The molecule has 1 aromatic heterocycles. The van der Waals surface area contributed by atoms with Crippen molar-refractivity contribution in [3.63, 3.8) is 0 Å². The molecule has 0 aliphatic rings. The van der Waals surface area contributed by atoms with Gasteiger partial charge >= 0.3 is 0 Å². The van der Waals surface area contributed by atoms with Gasteiger partial charge in [-0.15, -0.1) is 17.8 Å². The minimum atomic E-state index is 0.0972. The molecule has 1 N–H and O–H groups in total. The van der Waals surface area contributed by atoms with Crippen LogP contribution in [0.2, 0.25) is 0 Å². The van der Waals surface area contributed by atoms with Gasteiger partial charge in [-0.2, -0.15) is 0 Å². The fourth-order valence-corrected chi connectivity index (χ4v) is 1.66. The Morgan fingerprint density at radius 2 is 2.64 bits per heavy atom. The summed E-state index contributed by atoms with van der Waals surface area (Å²) >= 11 is 1.69. The van der Waals surface area contributed by atoms with E-state index in [2.05, 4.69) is 24.2 Å². The molecule has 1 atom stereocenters. The van der Waals surface area contributed by atoms with Crippen LogP contribution in [0, 0.1) is 12.3 Å².